The minimum atomic E-state index is -4.02. The molecule has 0 aliphatic carbocycles. The average molecular weight is 853 g/mol. The molecule has 0 aromatic heterocycles. The van der Waals surface area contributed by atoms with E-state index in [-0.39, 0.29) is 23.0 Å². The van der Waals surface area contributed by atoms with Gasteiger partial charge in [0.2, 0.25) is 9.84 Å². The van der Waals surface area contributed by atoms with E-state index in [0.29, 0.717) is 74.9 Å². The van der Waals surface area contributed by atoms with Gasteiger partial charge in [-0.05, 0) is 91.2 Å². The van der Waals surface area contributed by atoms with E-state index >= 15 is 0 Å². The van der Waals surface area contributed by atoms with Crippen LogP contribution in [0.1, 0.15) is 102 Å². The smallest absolute Gasteiger partial charge is 0.209 e. The summed E-state index contributed by atoms with van der Waals surface area (Å²) in [7, 11) is -4.43. The fourth-order valence-electron chi connectivity index (χ4n) is 9.28. The van der Waals surface area contributed by atoms with Crippen LogP contribution in [-0.2, 0) is 39.8 Å². The first kappa shape index (κ1) is 47.2. The summed E-state index contributed by atoms with van der Waals surface area (Å²) in [5, 5.41) is 3.77. The predicted molar refractivity (Wildman–Crippen MR) is 240 cm³/mol. The zero-order chi connectivity index (χ0) is 42.7. The minimum absolute atomic E-state index is 0.0282. The van der Waals surface area contributed by atoms with E-state index in [1.165, 1.54) is 0 Å². The van der Waals surface area contributed by atoms with Crippen LogP contribution in [0.4, 0.5) is 5.69 Å². The molecule has 5 rings (SSSR count). The fourth-order valence-corrected chi connectivity index (χ4v) is 16.3. The SMILES string of the molecule is CCO[C@H](C)COCc1ccc([C@H]2C[C@@H](CO[Si](C(C)C)(C(C)C)C(C)C)NC[C@@H]2OC(c2ccc3c(c2)N(CCCOC)CCO3)S(=O)(=O)c2ccc(C)cc2)cc1. The predicted octanol–water partition coefficient (Wildman–Crippen LogP) is 9.37. The van der Waals surface area contributed by atoms with Gasteiger partial charge in [0.15, 0.2) is 13.8 Å². The van der Waals surface area contributed by atoms with Crippen LogP contribution in [0.15, 0.2) is 71.6 Å². The second kappa shape index (κ2) is 21.8. The summed E-state index contributed by atoms with van der Waals surface area (Å²) < 4.78 is 67.0. The van der Waals surface area contributed by atoms with E-state index in [2.05, 4.69) is 76.0 Å². The lowest BCUT2D eigenvalue weighted by molar-refractivity contribution is -0.0100. The summed E-state index contributed by atoms with van der Waals surface area (Å²) in [6.07, 6.45) is 1.14. The van der Waals surface area contributed by atoms with Crippen LogP contribution in [0.2, 0.25) is 16.6 Å². The summed E-state index contributed by atoms with van der Waals surface area (Å²) in [5.74, 6) is 0.636. The molecule has 1 N–H and O–H groups in total. The van der Waals surface area contributed by atoms with Crippen LogP contribution in [-0.4, -0.2) is 94.8 Å². The topological polar surface area (TPSA) is 105 Å². The summed E-state index contributed by atoms with van der Waals surface area (Å²) in [5.41, 5.74) is 4.74. The van der Waals surface area contributed by atoms with Gasteiger partial charge in [0, 0.05) is 52.0 Å². The Bertz CT molecular complexity index is 1820. The van der Waals surface area contributed by atoms with Crippen molar-refractivity contribution < 1.29 is 36.5 Å². The van der Waals surface area contributed by atoms with E-state index in [4.69, 9.17) is 28.1 Å². The Hall–Kier alpha value is -2.81. The maximum atomic E-state index is 14.9. The van der Waals surface area contributed by atoms with Crippen molar-refractivity contribution in [3.8, 4) is 5.75 Å². The lowest BCUT2D eigenvalue weighted by Gasteiger charge is -2.44. The average Bonchev–Trinajstić information content (AvgIpc) is 3.20. The van der Waals surface area contributed by atoms with E-state index < -0.39 is 29.7 Å². The summed E-state index contributed by atoms with van der Waals surface area (Å²) in [4.78, 5) is 2.48. The number of nitrogens with zero attached hydrogens (tertiary/aromatic N) is 1. The van der Waals surface area contributed by atoms with Gasteiger partial charge in [-0.3, -0.25) is 0 Å². The first-order chi connectivity index (χ1) is 28.2. The van der Waals surface area contributed by atoms with Crippen LogP contribution in [0.25, 0.3) is 0 Å². The van der Waals surface area contributed by atoms with Crippen molar-refractivity contribution in [3.05, 3.63) is 89.0 Å². The van der Waals surface area contributed by atoms with Gasteiger partial charge in [0.1, 0.15) is 12.4 Å². The first-order valence-electron chi connectivity index (χ1n) is 21.8. The minimum Gasteiger partial charge on any atom is -0.490 e. The second-order valence-corrected chi connectivity index (χ2v) is 24.8. The number of hydrogen-bond donors (Lipinski definition) is 1. The van der Waals surface area contributed by atoms with Crippen LogP contribution in [0.5, 0.6) is 5.75 Å². The van der Waals surface area contributed by atoms with Crippen molar-refractivity contribution in [2.75, 3.05) is 64.7 Å². The van der Waals surface area contributed by atoms with E-state index in [9.17, 15) is 8.42 Å². The Morgan fingerprint density at radius 1 is 0.932 bits per heavy atom. The highest BCUT2D eigenvalue weighted by atomic mass is 32.2. The molecule has 328 valence electrons. The maximum absolute atomic E-state index is 14.9. The van der Waals surface area contributed by atoms with Crippen molar-refractivity contribution >= 4 is 23.8 Å². The molecule has 10 nitrogen and oxygen atoms in total. The Balaban J connectivity index is 1.50. The Labute approximate surface area is 356 Å². The van der Waals surface area contributed by atoms with Gasteiger partial charge in [0.25, 0.3) is 0 Å². The number of rotatable bonds is 22. The second-order valence-electron chi connectivity index (χ2n) is 17.4. The number of nitrogens with one attached hydrogen (secondary N) is 1. The van der Waals surface area contributed by atoms with Crippen LogP contribution in [0.3, 0.4) is 0 Å². The number of anilines is 1. The molecule has 0 spiro atoms. The van der Waals surface area contributed by atoms with E-state index in [1.807, 2.05) is 51.1 Å². The zero-order valence-corrected chi connectivity index (χ0v) is 39.2. The molecular formula is C47H72N2O8SSi. The monoisotopic (exact) mass is 852 g/mol. The molecule has 0 radical (unpaired) electrons. The number of methoxy groups -OCH3 is 1. The molecular weight excluding hydrogens is 781 g/mol. The van der Waals surface area contributed by atoms with Crippen LogP contribution < -0.4 is 15.0 Å². The third-order valence-corrected chi connectivity index (χ3v) is 20.2. The van der Waals surface area contributed by atoms with Crippen molar-refractivity contribution in [2.45, 2.75) is 133 Å². The molecule has 3 aromatic rings. The van der Waals surface area contributed by atoms with Crippen molar-refractivity contribution in [2.24, 2.45) is 0 Å². The summed E-state index contributed by atoms with van der Waals surface area (Å²) >= 11 is 0. The molecule has 0 amide bonds. The number of aryl methyl sites for hydroxylation is 1. The van der Waals surface area contributed by atoms with Crippen LogP contribution >= 0.6 is 0 Å². The number of benzene rings is 3. The molecule has 1 saturated heterocycles. The van der Waals surface area contributed by atoms with Crippen LogP contribution in [0, 0.1) is 6.92 Å². The number of hydrogen-bond acceptors (Lipinski definition) is 10. The number of fused-ring (bicyclic) bond motifs is 1. The molecule has 59 heavy (non-hydrogen) atoms. The third-order valence-electron chi connectivity index (χ3n) is 12.2. The Morgan fingerprint density at radius 3 is 2.27 bits per heavy atom. The molecule has 2 aliphatic rings. The van der Waals surface area contributed by atoms with Crippen molar-refractivity contribution in [1.82, 2.24) is 5.32 Å². The molecule has 1 unspecified atom stereocenters. The Kier molecular flexibility index (Phi) is 17.5. The molecule has 0 bridgehead atoms. The lowest BCUT2D eigenvalue weighted by Crippen LogP contribution is -2.54. The molecule has 5 atom stereocenters. The quantitative estimate of drug-likeness (QED) is 0.0777. The normalized spacial score (nSPS) is 19.9. The summed E-state index contributed by atoms with van der Waals surface area (Å²) in [6, 6.07) is 21.4. The third kappa shape index (κ3) is 11.8. The van der Waals surface area contributed by atoms with Crippen molar-refractivity contribution in [1.29, 1.82) is 0 Å². The van der Waals surface area contributed by atoms with Gasteiger partial charge in [0.05, 0.1) is 42.5 Å². The van der Waals surface area contributed by atoms with E-state index in [0.717, 1.165) is 47.5 Å². The molecule has 2 aliphatic heterocycles. The van der Waals surface area contributed by atoms with E-state index in [1.54, 1.807) is 19.2 Å². The largest absolute Gasteiger partial charge is 0.490 e. The standard InChI is InChI=1S/C47H72N2O8SSi/c1-11-54-37(9)30-53-31-38-15-17-39(18-16-38)43-28-41(32-56-59(33(2)3,34(4)5)35(6)7)48-29-46(43)57-47(58(50,51)42-20-13-36(8)14-21-42)40-19-22-45-44(27-40)49(24-26-55-45)23-12-25-52-10/h13-22,27,33-35,37,41,43,46-48H,11-12,23-26,28-32H2,1-10H3/t37-,41+,43-,46+,47?/m1/s1. The molecule has 0 saturated carbocycles. The Morgan fingerprint density at radius 2 is 1.63 bits per heavy atom. The zero-order valence-electron chi connectivity index (χ0n) is 37.4. The highest BCUT2D eigenvalue weighted by molar-refractivity contribution is 7.91. The van der Waals surface area contributed by atoms with Gasteiger partial charge in [-0.25, -0.2) is 8.42 Å². The van der Waals surface area contributed by atoms with Gasteiger partial charge in [-0.15, -0.1) is 0 Å². The fraction of sp³-hybridized carbons (Fsp3) is 0.617. The van der Waals surface area contributed by atoms with Gasteiger partial charge >= 0.3 is 0 Å². The number of sulfone groups is 1. The maximum Gasteiger partial charge on any atom is 0.209 e. The van der Waals surface area contributed by atoms with Gasteiger partial charge < -0.3 is 38.3 Å². The number of ether oxygens (including phenoxy) is 5. The molecule has 1 fully saturated rings. The lowest BCUT2D eigenvalue weighted by atomic mass is 9.84. The van der Waals surface area contributed by atoms with Crippen molar-refractivity contribution in [3.63, 3.8) is 0 Å². The number of piperidine rings is 1. The molecule has 2 heterocycles. The highest BCUT2D eigenvalue weighted by Gasteiger charge is 2.46. The van der Waals surface area contributed by atoms with Gasteiger partial charge in [-0.2, -0.15) is 0 Å². The highest BCUT2D eigenvalue weighted by Crippen LogP contribution is 2.44. The molecule has 12 heteroatoms. The molecule has 3 aromatic carbocycles. The van der Waals surface area contributed by atoms with Gasteiger partial charge in [-0.1, -0.05) is 89.6 Å². The summed E-state index contributed by atoms with van der Waals surface area (Å²) in [6.45, 7) is 25.3. The first-order valence-corrected chi connectivity index (χ1v) is 25.5.